The van der Waals surface area contributed by atoms with E-state index >= 15 is 0 Å². The summed E-state index contributed by atoms with van der Waals surface area (Å²) in [5.41, 5.74) is 2.18. The molecule has 1 rings (SSSR count). The number of rotatable bonds is 8. The molecule has 0 aliphatic rings. The zero-order valence-electron chi connectivity index (χ0n) is 14.5. The fourth-order valence-corrected chi connectivity index (χ4v) is 2.01. The van der Waals surface area contributed by atoms with Crippen molar-refractivity contribution in [1.29, 1.82) is 0 Å². The van der Waals surface area contributed by atoms with Gasteiger partial charge in [-0.25, -0.2) is 4.99 Å². The second kappa shape index (κ2) is 10.5. The zero-order chi connectivity index (χ0) is 17.1. The van der Waals surface area contributed by atoms with Crippen molar-refractivity contribution in [3.63, 3.8) is 0 Å². The van der Waals surface area contributed by atoms with E-state index in [1.54, 1.807) is 0 Å². The molecule has 0 unspecified atom stereocenters. The number of nitrogens with one attached hydrogen (secondary N) is 3. The molecular weight excluding hydrogens is 292 g/mol. The predicted molar refractivity (Wildman–Crippen MR) is 93.9 cm³/mol. The fraction of sp³-hybridized carbons (Fsp3) is 0.529. The van der Waals surface area contributed by atoms with Gasteiger partial charge >= 0.3 is 0 Å². The van der Waals surface area contributed by atoms with E-state index in [2.05, 4.69) is 20.9 Å². The fourth-order valence-electron chi connectivity index (χ4n) is 2.01. The first-order valence-electron chi connectivity index (χ1n) is 8.11. The molecule has 0 aromatic heterocycles. The highest BCUT2D eigenvalue weighted by molar-refractivity contribution is 5.86. The van der Waals surface area contributed by atoms with E-state index in [1.165, 1.54) is 0 Å². The lowest BCUT2D eigenvalue weighted by atomic mass is 10.1. The quantitative estimate of drug-likeness (QED) is 0.502. The number of likely N-dealkylation sites (N-methyl/N-ethyl adjacent to an activating group) is 1. The molecule has 0 heterocycles. The van der Waals surface area contributed by atoms with Gasteiger partial charge < -0.3 is 20.7 Å². The number of ether oxygens (including phenoxy) is 1. The lowest BCUT2D eigenvalue weighted by Gasteiger charge is -2.13. The van der Waals surface area contributed by atoms with Crippen LogP contribution in [0.4, 0.5) is 0 Å². The van der Waals surface area contributed by atoms with Gasteiger partial charge in [0.25, 0.3) is 0 Å². The summed E-state index contributed by atoms with van der Waals surface area (Å²) in [5.74, 6) is 1.42. The van der Waals surface area contributed by atoms with Gasteiger partial charge in [0.2, 0.25) is 5.91 Å². The molecule has 0 saturated heterocycles. The Bertz CT molecular complexity index is 529. The SMILES string of the molecule is CCNC(=O)CNC(=NCc1ccc(C)cc1OCC)NCC. The molecule has 0 atom stereocenters. The van der Waals surface area contributed by atoms with Crippen LogP contribution in [0.5, 0.6) is 5.75 Å². The van der Waals surface area contributed by atoms with Crippen molar-refractivity contribution in [2.24, 2.45) is 4.99 Å². The van der Waals surface area contributed by atoms with E-state index in [9.17, 15) is 4.79 Å². The van der Waals surface area contributed by atoms with Crippen LogP contribution >= 0.6 is 0 Å². The predicted octanol–water partition coefficient (Wildman–Crippen LogP) is 1.58. The van der Waals surface area contributed by atoms with Crippen LogP contribution in [-0.4, -0.2) is 38.1 Å². The molecule has 0 fully saturated rings. The Morgan fingerprint density at radius 1 is 1.13 bits per heavy atom. The first kappa shape index (κ1) is 18.8. The third kappa shape index (κ3) is 7.04. The van der Waals surface area contributed by atoms with Gasteiger partial charge in [-0.3, -0.25) is 4.79 Å². The Kier molecular flexibility index (Phi) is 8.57. The van der Waals surface area contributed by atoms with E-state index in [-0.39, 0.29) is 12.5 Å². The zero-order valence-corrected chi connectivity index (χ0v) is 14.5. The molecule has 0 bridgehead atoms. The van der Waals surface area contributed by atoms with Gasteiger partial charge in [0, 0.05) is 18.7 Å². The molecule has 1 aromatic rings. The Labute approximate surface area is 138 Å². The number of carbonyl (C=O) groups is 1. The van der Waals surface area contributed by atoms with Gasteiger partial charge in [0.15, 0.2) is 5.96 Å². The number of aliphatic imine (C=N–C) groups is 1. The molecule has 1 amide bonds. The molecule has 0 saturated carbocycles. The van der Waals surface area contributed by atoms with Crippen LogP contribution in [0.1, 0.15) is 31.9 Å². The lowest BCUT2D eigenvalue weighted by molar-refractivity contribution is -0.119. The summed E-state index contributed by atoms with van der Waals surface area (Å²) in [5, 5.41) is 8.90. The van der Waals surface area contributed by atoms with Crippen molar-refractivity contribution in [2.45, 2.75) is 34.2 Å². The molecule has 6 heteroatoms. The monoisotopic (exact) mass is 320 g/mol. The second-order valence-corrected chi connectivity index (χ2v) is 5.05. The van der Waals surface area contributed by atoms with Crippen molar-refractivity contribution < 1.29 is 9.53 Å². The maximum absolute atomic E-state index is 11.5. The summed E-state index contributed by atoms with van der Waals surface area (Å²) in [4.78, 5) is 16.0. The number of benzene rings is 1. The first-order valence-corrected chi connectivity index (χ1v) is 8.11. The topological polar surface area (TPSA) is 74.8 Å². The normalized spacial score (nSPS) is 11.0. The minimum atomic E-state index is -0.0524. The van der Waals surface area contributed by atoms with E-state index in [0.717, 1.165) is 23.4 Å². The third-order valence-corrected chi connectivity index (χ3v) is 3.06. The first-order chi connectivity index (χ1) is 11.1. The van der Waals surface area contributed by atoms with Crippen LogP contribution < -0.4 is 20.7 Å². The summed E-state index contributed by atoms with van der Waals surface area (Å²) in [6.45, 7) is 10.5. The average Bonchev–Trinajstić information content (AvgIpc) is 2.52. The Hall–Kier alpha value is -2.24. The van der Waals surface area contributed by atoms with Gasteiger partial charge in [0.05, 0.1) is 19.7 Å². The van der Waals surface area contributed by atoms with Crippen LogP contribution in [0.3, 0.4) is 0 Å². The molecule has 6 nitrogen and oxygen atoms in total. The molecule has 1 aromatic carbocycles. The summed E-state index contributed by atoms with van der Waals surface area (Å²) < 4.78 is 5.67. The third-order valence-electron chi connectivity index (χ3n) is 3.06. The van der Waals surface area contributed by atoms with E-state index in [1.807, 2.05) is 45.9 Å². The Morgan fingerprint density at radius 2 is 1.87 bits per heavy atom. The minimum Gasteiger partial charge on any atom is -0.494 e. The highest BCUT2D eigenvalue weighted by Gasteiger charge is 2.05. The number of hydrogen-bond acceptors (Lipinski definition) is 3. The molecule has 0 aliphatic heterocycles. The lowest BCUT2D eigenvalue weighted by Crippen LogP contribution is -2.43. The maximum Gasteiger partial charge on any atom is 0.239 e. The van der Waals surface area contributed by atoms with E-state index in [4.69, 9.17) is 4.74 Å². The number of carbonyl (C=O) groups excluding carboxylic acids is 1. The van der Waals surface area contributed by atoms with Gasteiger partial charge in [-0.2, -0.15) is 0 Å². The van der Waals surface area contributed by atoms with Crippen LogP contribution in [0, 0.1) is 6.92 Å². The summed E-state index contributed by atoms with van der Waals surface area (Å²) in [6, 6.07) is 6.09. The van der Waals surface area contributed by atoms with Gasteiger partial charge in [0.1, 0.15) is 5.75 Å². The highest BCUT2D eigenvalue weighted by atomic mass is 16.5. The van der Waals surface area contributed by atoms with Crippen LogP contribution in [-0.2, 0) is 11.3 Å². The number of aryl methyl sites for hydroxylation is 1. The molecule has 128 valence electrons. The molecule has 0 radical (unpaired) electrons. The number of guanidine groups is 1. The average molecular weight is 320 g/mol. The van der Waals surface area contributed by atoms with Gasteiger partial charge in [-0.1, -0.05) is 12.1 Å². The van der Waals surface area contributed by atoms with Crippen molar-refractivity contribution in [1.82, 2.24) is 16.0 Å². The Balaban J connectivity index is 2.74. The highest BCUT2D eigenvalue weighted by Crippen LogP contribution is 2.21. The van der Waals surface area contributed by atoms with Crippen LogP contribution in [0.25, 0.3) is 0 Å². The molecule has 23 heavy (non-hydrogen) atoms. The summed E-state index contributed by atoms with van der Waals surface area (Å²) in [7, 11) is 0. The smallest absolute Gasteiger partial charge is 0.239 e. The van der Waals surface area contributed by atoms with Crippen LogP contribution in [0.15, 0.2) is 23.2 Å². The number of amides is 1. The molecule has 0 spiro atoms. The van der Waals surface area contributed by atoms with Crippen LogP contribution in [0.2, 0.25) is 0 Å². The van der Waals surface area contributed by atoms with Gasteiger partial charge in [-0.05, 0) is 39.3 Å². The molecule has 0 aliphatic carbocycles. The Morgan fingerprint density at radius 3 is 2.52 bits per heavy atom. The standard InChI is InChI=1S/C17H28N4O2/c1-5-18-16(22)12-21-17(19-6-2)20-11-14-9-8-13(4)10-15(14)23-7-3/h8-10H,5-7,11-12H2,1-4H3,(H,18,22)(H2,19,20,21). The van der Waals surface area contributed by atoms with Crippen molar-refractivity contribution >= 4 is 11.9 Å². The van der Waals surface area contributed by atoms with Crippen molar-refractivity contribution in [3.8, 4) is 5.75 Å². The maximum atomic E-state index is 11.5. The minimum absolute atomic E-state index is 0.0524. The molecular formula is C17H28N4O2. The summed E-state index contributed by atoms with van der Waals surface area (Å²) >= 11 is 0. The van der Waals surface area contributed by atoms with Crippen molar-refractivity contribution in [2.75, 3.05) is 26.2 Å². The number of nitrogens with zero attached hydrogens (tertiary/aromatic N) is 1. The van der Waals surface area contributed by atoms with Gasteiger partial charge in [-0.15, -0.1) is 0 Å². The van der Waals surface area contributed by atoms with E-state index in [0.29, 0.717) is 25.7 Å². The second-order valence-electron chi connectivity index (χ2n) is 5.05. The summed E-state index contributed by atoms with van der Waals surface area (Å²) in [6.07, 6.45) is 0. The number of hydrogen-bond donors (Lipinski definition) is 3. The van der Waals surface area contributed by atoms with E-state index < -0.39 is 0 Å². The molecule has 3 N–H and O–H groups in total. The largest absolute Gasteiger partial charge is 0.494 e. The van der Waals surface area contributed by atoms with Crippen molar-refractivity contribution in [3.05, 3.63) is 29.3 Å².